The molecule has 2 atom stereocenters. The summed E-state index contributed by atoms with van der Waals surface area (Å²) in [5.74, 6) is -4.10. The van der Waals surface area contributed by atoms with Gasteiger partial charge in [-0.15, -0.1) is 0 Å². The zero-order valence-electron chi connectivity index (χ0n) is 7.71. The first kappa shape index (κ1) is 13.3. The smallest absolute Gasteiger partial charge is 0.322 e. The van der Waals surface area contributed by atoms with Gasteiger partial charge in [-0.25, -0.2) is 0 Å². The summed E-state index contributed by atoms with van der Waals surface area (Å²) in [5.41, 5.74) is 5.07. The number of carboxylic acids is 3. The van der Waals surface area contributed by atoms with Crippen LogP contribution < -0.4 is 11.1 Å². The molecular formula is C7H12N2O6. The molecule has 0 aliphatic carbocycles. The molecule has 0 radical (unpaired) electrons. The van der Waals surface area contributed by atoms with Gasteiger partial charge in [0.25, 0.3) is 0 Å². The Morgan fingerprint density at radius 2 is 1.53 bits per heavy atom. The lowest BCUT2D eigenvalue weighted by Crippen LogP contribution is -2.51. The number of aliphatic carboxylic acids is 3. The monoisotopic (exact) mass is 220 g/mol. The van der Waals surface area contributed by atoms with Gasteiger partial charge in [0.15, 0.2) is 0 Å². The maximum atomic E-state index is 10.5. The van der Waals surface area contributed by atoms with Crippen LogP contribution >= 0.6 is 0 Å². The summed E-state index contributed by atoms with van der Waals surface area (Å²) in [6, 6.07) is -2.74. The lowest BCUT2D eigenvalue weighted by Gasteiger charge is -2.17. The molecule has 0 saturated carbocycles. The van der Waals surface area contributed by atoms with Crippen LogP contribution in [0.3, 0.4) is 0 Å². The van der Waals surface area contributed by atoms with Crippen molar-refractivity contribution in [1.29, 1.82) is 0 Å². The van der Waals surface area contributed by atoms with Crippen molar-refractivity contribution in [3.8, 4) is 0 Å². The van der Waals surface area contributed by atoms with Crippen molar-refractivity contribution in [1.82, 2.24) is 5.32 Å². The summed E-state index contributed by atoms with van der Waals surface area (Å²) in [4.78, 5) is 31.3. The number of hydrogen-bond donors (Lipinski definition) is 5. The normalized spacial score (nSPS) is 14.2. The van der Waals surface area contributed by atoms with Crippen LogP contribution in [0.15, 0.2) is 0 Å². The van der Waals surface area contributed by atoms with E-state index in [9.17, 15) is 14.4 Å². The van der Waals surface area contributed by atoms with Gasteiger partial charge in [0.05, 0.1) is 6.42 Å². The number of carboxylic acid groups (broad SMARTS) is 3. The standard InChI is InChI=1S/C7H12N2O6/c8-2-4(7(14)15)9-3(6(12)13)1-5(10)11/h3-4,9H,1-2,8H2,(H,10,11)(H,12,13)(H,14,15). The average Bonchev–Trinajstić information content (AvgIpc) is 2.10. The average molecular weight is 220 g/mol. The predicted octanol–water partition coefficient (Wildman–Crippen LogP) is -2.08. The van der Waals surface area contributed by atoms with Crippen LogP contribution in [0.4, 0.5) is 0 Å². The second kappa shape index (κ2) is 5.94. The van der Waals surface area contributed by atoms with Crippen molar-refractivity contribution in [2.45, 2.75) is 18.5 Å². The minimum Gasteiger partial charge on any atom is -0.481 e. The molecule has 0 spiro atoms. The molecule has 0 saturated heterocycles. The van der Waals surface area contributed by atoms with E-state index in [0.717, 1.165) is 0 Å². The highest BCUT2D eigenvalue weighted by atomic mass is 16.4. The zero-order valence-corrected chi connectivity index (χ0v) is 7.71. The maximum Gasteiger partial charge on any atom is 0.322 e. The van der Waals surface area contributed by atoms with Gasteiger partial charge in [0, 0.05) is 6.54 Å². The van der Waals surface area contributed by atoms with Crippen molar-refractivity contribution in [3.05, 3.63) is 0 Å². The molecule has 0 aromatic carbocycles. The van der Waals surface area contributed by atoms with Gasteiger partial charge in [-0.2, -0.15) is 0 Å². The molecule has 0 aromatic rings. The molecule has 8 heteroatoms. The molecule has 2 unspecified atom stereocenters. The number of rotatable bonds is 7. The van der Waals surface area contributed by atoms with E-state index < -0.39 is 36.4 Å². The van der Waals surface area contributed by atoms with E-state index >= 15 is 0 Å². The van der Waals surface area contributed by atoms with Gasteiger partial charge in [-0.05, 0) is 0 Å². The first-order valence-corrected chi connectivity index (χ1v) is 4.02. The Kier molecular flexibility index (Phi) is 5.27. The summed E-state index contributed by atoms with van der Waals surface area (Å²) >= 11 is 0. The van der Waals surface area contributed by atoms with E-state index in [1.807, 2.05) is 0 Å². The molecule has 0 aliphatic heterocycles. The molecule has 0 heterocycles. The van der Waals surface area contributed by atoms with E-state index in [2.05, 4.69) is 5.32 Å². The van der Waals surface area contributed by atoms with E-state index in [1.54, 1.807) is 0 Å². The Hall–Kier alpha value is -1.67. The highest BCUT2D eigenvalue weighted by molar-refractivity contribution is 5.82. The zero-order chi connectivity index (χ0) is 12.0. The molecule has 0 fully saturated rings. The van der Waals surface area contributed by atoms with Gasteiger partial charge in [0.2, 0.25) is 0 Å². The molecule has 86 valence electrons. The molecule has 0 amide bonds. The topological polar surface area (TPSA) is 150 Å². The quantitative estimate of drug-likeness (QED) is 0.328. The van der Waals surface area contributed by atoms with Crippen molar-refractivity contribution >= 4 is 17.9 Å². The van der Waals surface area contributed by atoms with E-state index in [0.29, 0.717) is 0 Å². The summed E-state index contributed by atoms with van der Waals surface area (Å²) in [7, 11) is 0. The Morgan fingerprint density at radius 1 is 1.07 bits per heavy atom. The number of carbonyl (C=O) groups is 3. The summed E-state index contributed by atoms with van der Waals surface area (Å²) < 4.78 is 0. The first-order valence-electron chi connectivity index (χ1n) is 4.02. The Labute approximate surface area is 84.7 Å². The van der Waals surface area contributed by atoms with E-state index in [1.165, 1.54) is 0 Å². The van der Waals surface area contributed by atoms with Crippen molar-refractivity contribution in [3.63, 3.8) is 0 Å². The van der Waals surface area contributed by atoms with Crippen molar-refractivity contribution in [2.75, 3.05) is 6.54 Å². The molecular weight excluding hydrogens is 208 g/mol. The number of nitrogens with two attached hydrogens (primary N) is 1. The van der Waals surface area contributed by atoms with Crippen LogP contribution in [-0.4, -0.2) is 51.9 Å². The van der Waals surface area contributed by atoms with Crippen molar-refractivity contribution < 1.29 is 29.7 Å². The largest absolute Gasteiger partial charge is 0.481 e. The fourth-order valence-electron chi connectivity index (χ4n) is 0.875. The highest BCUT2D eigenvalue weighted by Gasteiger charge is 2.26. The van der Waals surface area contributed by atoms with Gasteiger partial charge in [0.1, 0.15) is 12.1 Å². The van der Waals surface area contributed by atoms with Crippen LogP contribution in [0, 0.1) is 0 Å². The molecule has 0 aromatic heterocycles. The molecule has 0 rings (SSSR count). The predicted molar refractivity (Wildman–Crippen MR) is 47.3 cm³/mol. The second-order valence-corrected chi connectivity index (χ2v) is 2.78. The van der Waals surface area contributed by atoms with Gasteiger partial charge >= 0.3 is 17.9 Å². The Morgan fingerprint density at radius 3 is 1.80 bits per heavy atom. The lowest BCUT2D eigenvalue weighted by molar-refractivity contribution is -0.147. The highest BCUT2D eigenvalue weighted by Crippen LogP contribution is 1.95. The van der Waals surface area contributed by atoms with Crippen LogP contribution in [-0.2, 0) is 14.4 Å². The molecule has 0 aliphatic rings. The van der Waals surface area contributed by atoms with Crippen molar-refractivity contribution in [2.24, 2.45) is 5.73 Å². The Balaban J connectivity index is 4.45. The van der Waals surface area contributed by atoms with E-state index in [-0.39, 0.29) is 6.54 Å². The number of nitrogens with one attached hydrogen (secondary N) is 1. The number of hydrogen-bond acceptors (Lipinski definition) is 5. The minimum absolute atomic E-state index is 0.321. The van der Waals surface area contributed by atoms with Crippen LogP contribution in [0.5, 0.6) is 0 Å². The van der Waals surface area contributed by atoms with Crippen LogP contribution in [0.25, 0.3) is 0 Å². The molecule has 0 bridgehead atoms. The molecule has 15 heavy (non-hydrogen) atoms. The van der Waals surface area contributed by atoms with Crippen LogP contribution in [0.1, 0.15) is 6.42 Å². The maximum absolute atomic E-state index is 10.5. The fraction of sp³-hybridized carbons (Fsp3) is 0.571. The summed E-state index contributed by atoms with van der Waals surface area (Å²) in [5, 5.41) is 27.6. The van der Waals surface area contributed by atoms with Gasteiger partial charge < -0.3 is 21.1 Å². The first-order chi connectivity index (χ1) is 6.88. The molecule has 8 nitrogen and oxygen atoms in total. The Bertz CT molecular complexity index is 266. The SMILES string of the molecule is NCC(NC(CC(=O)O)C(=O)O)C(=O)O. The third-order valence-electron chi connectivity index (χ3n) is 1.61. The van der Waals surface area contributed by atoms with Crippen LogP contribution in [0.2, 0.25) is 0 Å². The minimum atomic E-state index is -1.47. The summed E-state index contributed by atoms with van der Waals surface area (Å²) in [6.45, 7) is -0.321. The van der Waals surface area contributed by atoms with Gasteiger partial charge in [-0.3, -0.25) is 19.7 Å². The lowest BCUT2D eigenvalue weighted by atomic mass is 10.1. The fourth-order valence-corrected chi connectivity index (χ4v) is 0.875. The second-order valence-electron chi connectivity index (χ2n) is 2.78. The van der Waals surface area contributed by atoms with Gasteiger partial charge in [-0.1, -0.05) is 0 Å². The van der Waals surface area contributed by atoms with E-state index in [4.69, 9.17) is 21.1 Å². The third kappa shape index (κ3) is 4.93. The third-order valence-corrected chi connectivity index (χ3v) is 1.61. The molecule has 6 N–H and O–H groups in total. The summed E-state index contributed by atoms with van der Waals surface area (Å²) in [6.07, 6.45) is -0.709.